The van der Waals surface area contributed by atoms with Crippen LogP contribution in [0.3, 0.4) is 0 Å². The molecule has 1 N–H and O–H groups in total. The fourth-order valence-corrected chi connectivity index (χ4v) is 5.33. The molecule has 5 rings (SSSR count). The van der Waals surface area contributed by atoms with E-state index >= 15 is 0 Å². The Morgan fingerprint density at radius 1 is 1.22 bits per heavy atom. The number of amides is 2. The van der Waals surface area contributed by atoms with Crippen molar-refractivity contribution in [2.45, 2.75) is 43.6 Å². The van der Waals surface area contributed by atoms with Crippen molar-refractivity contribution in [3.8, 4) is 0 Å². The lowest BCUT2D eigenvalue weighted by molar-refractivity contribution is 0.0539. The minimum Gasteiger partial charge on any atom is -0.378 e. The second-order valence-electron chi connectivity index (χ2n) is 8.51. The zero-order chi connectivity index (χ0) is 18.4. The number of hydrogen-bond donors (Lipinski definition) is 1. The van der Waals surface area contributed by atoms with Crippen LogP contribution in [0.2, 0.25) is 0 Å². The Morgan fingerprint density at radius 2 is 1.96 bits per heavy atom. The first-order chi connectivity index (χ1) is 13.2. The van der Waals surface area contributed by atoms with Crippen molar-refractivity contribution >= 4 is 11.7 Å². The average Bonchev–Trinajstić information content (AvgIpc) is 3.50. The highest BCUT2D eigenvalue weighted by Crippen LogP contribution is 2.54. The molecule has 3 heterocycles. The topological polar surface area (TPSA) is 44.8 Å². The summed E-state index contributed by atoms with van der Waals surface area (Å²) in [6.07, 6.45) is 5.48. The molecule has 1 aromatic carbocycles. The third kappa shape index (κ3) is 2.93. The molecule has 1 spiro atoms. The Balaban J connectivity index is 1.58. The van der Waals surface area contributed by atoms with E-state index < -0.39 is 0 Å². The van der Waals surface area contributed by atoms with Gasteiger partial charge in [-0.3, -0.25) is 4.90 Å². The Kier molecular flexibility index (Phi) is 4.36. The number of nitrogens with zero attached hydrogens (tertiary/aromatic N) is 2. The monoisotopic (exact) mass is 373 g/mol. The zero-order valence-corrected chi connectivity index (χ0v) is 15.8. The lowest BCUT2D eigenvalue weighted by Crippen LogP contribution is -2.56. The van der Waals surface area contributed by atoms with Crippen molar-refractivity contribution in [1.29, 1.82) is 0 Å². The van der Waals surface area contributed by atoms with Crippen molar-refractivity contribution in [2.24, 2.45) is 5.92 Å². The van der Waals surface area contributed by atoms with Crippen LogP contribution in [0.5, 0.6) is 0 Å². The van der Waals surface area contributed by atoms with Crippen LogP contribution in [0, 0.1) is 11.7 Å². The van der Waals surface area contributed by atoms with E-state index in [1.165, 1.54) is 18.9 Å². The first-order valence-electron chi connectivity index (χ1n) is 10.4. The summed E-state index contributed by atoms with van der Waals surface area (Å²) in [5.74, 6) is 0.512. The maximum absolute atomic E-state index is 14.2. The van der Waals surface area contributed by atoms with Crippen LogP contribution in [0.4, 0.5) is 14.9 Å². The number of anilines is 1. The van der Waals surface area contributed by atoms with Crippen molar-refractivity contribution in [3.05, 3.63) is 29.6 Å². The number of ether oxygens (including phenoxy) is 1. The van der Waals surface area contributed by atoms with Crippen LogP contribution in [-0.2, 0) is 10.2 Å². The predicted molar refractivity (Wildman–Crippen MR) is 102 cm³/mol. The maximum atomic E-state index is 14.2. The number of carbonyl (C=O) groups excluding carboxylic acids is 1. The molecule has 1 aliphatic carbocycles. The van der Waals surface area contributed by atoms with Gasteiger partial charge in [0.25, 0.3) is 0 Å². The molecule has 146 valence electrons. The molecule has 27 heavy (non-hydrogen) atoms. The number of halogens is 1. The zero-order valence-electron chi connectivity index (χ0n) is 15.8. The highest BCUT2D eigenvalue weighted by molar-refractivity contribution is 5.96. The van der Waals surface area contributed by atoms with Crippen LogP contribution in [0.25, 0.3) is 0 Å². The van der Waals surface area contributed by atoms with E-state index in [2.05, 4.69) is 5.32 Å². The summed E-state index contributed by atoms with van der Waals surface area (Å²) >= 11 is 0. The van der Waals surface area contributed by atoms with Crippen LogP contribution in [0.15, 0.2) is 18.2 Å². The number of hydrogen-bond acceptors (Lipinski definition) is 3. The smallest absolute Gasteiger partial charge is 0.324 e. The molecule has 0 unspecified atom stereocenters. The molecule has 0 aromatic heterocycles. The van der Waals surface area contributed by atoms with Gasteiger partial charge < -0.3 is 15.0 Å². The number of piperidine rings is 1. The van der Waals surface area contributed by atoms with E-state index in [-0.39, 0.29) is 23.3 Å². The minimum absolute atomic E-state index is 0.0761. The Bertz CT molecular complexity index is 724. The van der Waals surface area contributed by atoms with E-state index in [0.717, 1.165) is 43.6 Å². The molecule has 2 amide bonds. The molecule has 1 saturated carbocycles. The number of fused-ring (bicyclic) bond motifs is 2. The van der Waals surface area contributed by atoms with E-state index in [4.69, 9.17) is 4.74 Å². The van der Waals surface area contributed by atoms with Crippen molar-refractivity contribution in [3.63, 3.8) is 0 Å². The van der Waals surface area contributed by atoms with E-state index in [0.29, 0.717) is 32.2 Å². The molecule has 2 saturated heterocycles. The molecular formula is C21H28FN3O2. The largest absolute Gasteiger partial charge is 0.378 e. The van der Waals surface area contributed by atoms with E-state index in [9.17, 15) is 9.18 Å². The van der Waals surface area contributed by atoms with Gasteiger partial charge in [0.15, 0.2) is 0 Å². The quantitative estimate of drug-likeness (QED) is 0.867. The van der Waals surface area contributed by atoms with Gasteiger partial charge in [-0.25, -0.2) is 9.18 Å². The van der Waals surface area contributed by atoms with Gasteiger partial charge in [0.05, 0.1) is 13.2 Å². The normalized spacial score (nSPS) is 27.1. The highest BCUT2D eigenvalue weighted by Gasteiger charge is 2.54. The predicted octanol–water partition coefficient (Wildman–Crippen LogP) is 2.89. The molecule has 3 fully saturated rings. The highest BCUT2D eigenvalue weighted by atomic mass is 19.1. The number of nitrogens with one attached hydrogen (secondary N) is 1. The van der Waals surface area contributed by atoms with E-state index in [1.54, 1.807) is 6.07 Å². The van der Waals surface area contributed by atoms with Crippen molar-refractivity contribution in [1.82, 2.24) is 10.2 Å². The first-order valence-corrected chi connectivity index (χ1v) is 10.4. The summed E-state index contributed by atoms with van der Waals surface area (Å²) in [7, 11) is 0. The SMILES string of the molecule is O=C(N1CCOCC1)N1c2ccc(F)cc2C2(CCNCC2)[C@H]1CC1CC1. The summed E-state index contributed by atoms with van der Waals surface area (Å²) in [6, 6.07) is 5.26. The van der Waals surface area contributed by atoms with Crippen LogP contribution in [-0.4, -0.2) is 56.4 Å². The molecule has 1 aromatic rings. The lowest BCUT2D eigenvalue weighted by Gasteiger charge is -2.43. The van der Waals surface area contributed by atoms with Gasteiger partial charge in [0, 0.05) is 30.2 Å². The fraction of sp³-hybridized carbons (Fsp3) is 0.667. The number of rotatable bonds is 2. The van der Waals surface area contributed by atoms with E-state index in [1.807, 2.05) is 15.9 Å². The second-order valence-corrected chi connectivity index (χ2v) is 8.51. The van der Waals surface area contributed by atoms with Crippen LogP contribution >= 0.6 is 0 Å². The number of urea groups is 1. The molecule has 5 nitrogen and oxygen atoms in total. The van der Waals surface area contributed by atoms with Crippen molar-refractivity contribution in [2.75, 3.05) is 44.3 Å². The van der Waals surface area contributed by atoms with Gasteiger partial charge in [-0.2, -0.15) is 0 Å². The summed E-state index contributed by atoms with van der Waals surface area (Å²) in [5.41, 5.74) is 1.87. The van der Waals surface area contributed by atoms with Crippen LogP contribution < -0.4 is 10.2 Å². The molecule has 3 aliphatic heterocycles. The molecular weight excluding hydrogens is 345 g/mol. The number of benzene rings is 1. The summed E-state index contributed by atoms with van der Waals surface area (Å²) in [6.45, 7) is 4.32. The third-order valence-electron chi connectivity index (χ3n) is 6.94. The van der Waals surface area contributed by atoms with Gasteiger partial charge >= 0.3 is 6.03 Å². The van der Waals surface area contributed by atoms with Gasteiger partial charge in [-0.1, -0.05) is 12.8 Å². The summed E-state index contributed by atoms with van der Waals surface area (Å²) < 4.78 is 19.7. The van der Waals surface area contributed by atoms with Gasteiger partial charge in [0.2, 0.25) is 0 Å². The fourth-order valence-electron chi connectivity index (χ4n) is 5.33. The standard InChI is InChI=1S/C21H28FN3O2/c22-16-3-4-18-17(14-16)21(5-7-23-8-6-21)19(13-15-1-2-15)25(18)20(26)24-9-11-27-12-10-24/h3-4,14-15,19,23H,1-2,5-13H2/t19-/m1/s1. The van der Waals surface area contributed by atoms with Gasteiger partial charge in [-0.15, -0.1) is 0 Å². The minimum atomic E-state index is -0.197. The van der Waals surface area contributed by atoms with Crippen LogP contribution in [0.1, 0.15) is 37.7 Å². The Hall–Kier alpha value is -1.66. The van der Waals surface area contributed by atoms with Crippen molar-refractivity contribution < 1.29 is 13.9 Å². The molecule has 0 radical (unpaired) electrons. The van der Waals surface area contributed by atoms with Gasteiger partial charge in [-0.05, 0) is 62.0 Å². The average molecular weight is 373 g/mol. The summed E-state index contributed by atoms with van der Waals surface area (Å²) in [5, 5.41) is 3.45. The lowest BCUT2D eigenvalue weighted by atomic mass is 9.68. The molecule has 0 bridgehead atoms. The molecule has 4 aliphatic rings. The third-order valence-corrected chi connectivity index (χ3v) is 6.94. The Morgan fingerprint density at radius 3 is 2.67 bits per heavy atom. The Labute approximate surface area is 159 Å². The first kappa shape index (κ1) is 17.4. The van der Waals surface area contributed by atoms with Gasteiger partial charge in [0.1, 0.15) is 5.82 Å². The molecule has 6 heteroatoms. The summed E-state index contributed by atoms with van der Waals surface area (Å²) in [4.78, 5) is 17.5. The second kappa shape index (κ2) is 6.74. The number of morpholine rings is 1. The molecule has 1 atom stereocenters. The number of carbonyl (C=O) groups is 1. The maximum Gasteiger partial charge on any atom is 0.324 e.